The van der Waals surface area contributed by atoms with E-state index in [1.54, 1.807) is 30.3 Å². The number of alkyl halides is 3. The van der Waals surface area contributed by atoms with Gasteiger partial charge < -0.3 is 15.4 Å². The van der Waals surface area contributed by atoms with E-state index < -0.39 is 38.6 Å². The second-order valence-corrected chi connectivity index (χ2v) is 12.8. The van der Waals surface area contributed by atoms with Crippen LogP contribution in [0.15, 0.2) is 77.7 Å². The fourth-order valence-corrected chi connectivity index (χ4v) is 5.78. The molecule has 2 atom stereocenters. The van der Waals surface area contributed by atoms with Gasteiger partial charge in [-0.2, -0.15) is 13.2 Å². The third-order valence-electron chi connectivity index (χ3n) is 6.64. The molecule has 220 valence electrons. The number of carbonyl (C=O) groups is 1. The number of sulfonamides is 1. The average Bonchev–Trinajstić information content (AvgIpc) is 2.91. The van der Waals surface area contributed by atoms with Crippen molar-refractivity contribution >= 4 is 15.9 Å². The molecule has 0 saturated carbocycles. The van der Waals surface area contributed by atoms with Crippen LogP contribution in [0, 0.1) is 0 Å². The Kier molecular flexibility index (Phi) is 9.10. The summed E-state index contributed by atoms with van der Waals surface area (Å²) in [6.45, 7) is 7.29. The van der Waals surface area contributed by atoms with Crippen molar-refractivity contribution in [2.24, 2.45) is 0 Å². The summed E-state index contributed by atoms with van der Waals surface area (Å²) >= 11 is 0. The van der Waals surface area contributed by atoms with E-state index in [1.165, 1.54) is 0 Å². The van der Waals surface area contributed by atoms with E-state index >= 15 is 0 Å². The number of hydrogen-bond acceptors (Lipinski definition) is 5. The molecule has 2 unspecified atom stereocenters. The molecule has 7 nitrogen and oxygen atoms in total. The molecule has 3 N–H and O–H groups in total. The van der Waals surface area contributed by atoms with Gasteiger partial charge in [-0.1, -0.05) is 48.5 Å². The summed E-state index contributed by atoms with van der Waals surface area (Å²) in [5.41, 5.74) is 1.24. The number of rotatable bonds is 9. The van der Waals surface area contributed by atoms with Gasteiger partial charge in [0.1, 0.15) is 5.75 Å². The summed E-state index contributed by atoms with van der Waals surface area (Å²) in [6.07, 6.45) is -4.43. The first-order valence-corrected chi connectivity index (χ1v) is 14.7. The molecule has 1 amide bonds. The van der Waals surface area contributed by atoms with Crippen molar-refractivity contribution in [3.8, 4) is 5.75 Å². The number of hydrogen-bond donors (Lipinski definition) is 3. The van der Waals surface area contributed by atoms with Gasteiger partial charge in [-0.25, -0.2) is 13.1 Å². The number of carbonyl (C=O) groups excluding carboxylic acids is 1. The molecule has 0 aliphatic carbocycles. The summed E-state index contributed by atoms with van der Waals surface area (Å²) < 4.78 is 74.2. The van der Waals surface area contributed by atoms with Crippen molar-refractivity contribution in [3.05, 3.63) is 95.1 Å². The lowest BCUT2D eigenvalue weighted by atomic mass is 9.97. The number of benzene rings is 3. The highest BCUT2D eigenvalue weighted by molar-refractivity contribution is 7.89. The van der Waals surface area contributed by atoms with Crippen LogP contribution in [-0.4, -0.2) is 26.5 Å². The summed E-state index contributed by atoms with van der Waals surface area (Å²) in [5, 5.41) is 6.42. The van der Waals surface area contributed by atoms with Crippen molar-refractivity contribution in [3.63, 3.8) is 0 Å². The molecule has 3 aromatic carbocycles. The van der Waals surface area contributed by atoms with Crippen LogP contribution >= 0.6 is 0 Å². The first-order chi connectivity index (χ1) is 19.2. The zero-order valence-corrected chi connectivity index (χ0v) is 23.9. The van der Waals surface area contributed by atoms with E-state index in [-0.39, 0.29) is 18.0 Å². The lowest BCUT2D eigenvalue weighted by Gasteiger charge is -2.28. The topological polar surface area (TPSA) is 96.5 Å². The van der Waals surface area contributed by atoms with Crippen LogP contribution in [0.25, 0.3) is 0 Å². The van der Waals surface area contributed by atoms with E-state index in [2.05, 4.69) is 36.1 Å². The number of ether oxygens (including phenoxy) is 1. The largest absolute Gasteiger partial charge is 0.493 e. The molecule has 0 spiro atoms. The Morgan fingerprint density at radius 1 is 1.00 bits per heavy atom. The van der Waals surface area contributed by atoms with Gasteiger partial charge in [0.25, 0.3) is 0 Å². The first-order valence-electron chi connectivity index (χ1n) is 13.3. The Morgan fingerprint density at radius 3 is 2.41 bits per heavy atom. The van der Waals surface area contributed by atoms with Crippen molar-refractivity contribution < 1.29 is 31.1 Å². The molecule has 4 rings (SSSR count). The van der Waals surface area contributed by atoms with Crippen molar-refractivity contribution in [1.82, 2.24) is 15.4 Å². The van der Waals surface area contributed by atoms with E-state index in [1.807, 2.05) is 18.2 Å². The lowest BCUT2D eigenvalue weighted by Crippen LogP contribution is -2.37. The average molecular weight is 590 g/mol. The zero-order chi connectivity index (χ0) is 29.8. The predicted octanol–water partition coefficient (Wildman–Crippen LogP) is 5.64. The van der Waals surface area contributed by atoms with Crippen LogP contribution < -0.4 is 20.1 Å². The number of fused-ring (bicyclic) bond motifs is 1. The van der Waals surface area contributed by atoms with Crippen molar-refractivity contribution in [2.75, 3.05) is 6.61 Å². The smallest absolute Gasteiger partial charge is 0.416 e. The SMILES string of the molecule is CC(C)(C)NCc1ccc2c(c1)OCCC2NC(=O)CC(NS(=O)(=O)c1cccc(C(F)(F)F)c1)c1ccccc1. The highest BCUT2D eigenvalue weighted by atomic mass is 32.2. The monoisotopic (exact) mass is 589 g/mol. The summed E-state index contributed by atoms with van der Waals surface area (Å²) in [7, 11) is -4.39. The molecule has 1 aliphatic heterocycles. The Labute approximate surface area is 238 Å². The normalized spacial score (nSPS) is 16.4. The van der Waals surface area contributed by atoms with Crippen LogP contribution in [0.3, 0.4) is 0 Å². The molecule has 0 radical (unpaired) electrons. The number of amides is 1. The fourth-order valence-electron chi connectivity index (χ4n) is 4.51. The lowest BCUT2D eigenvalue weighted by molar-refractivity contribution is -0.137. The maximum Gasteiger partial charge on any atom is 0.416 e. The second kappa shape index (κ2) is 12.2. The van der Waals surface area contributed by atoms with E-state index in [0.29, 0.717) is 37.0 Å². The van der Waals surface area contributed by atoms with E-state index in [0.717, 1.165) is 29.3 Å². The Morgan fingerprint density at radius 2 is 1.73 bits per heavy atom. The van der Waals surface area contributed by atoms with E-state index in [4.69, 9.17) is 4.74 Å². The van der Waals surface area contributed by atoms with E-state index in [9.17, 15) is 26.4 Å². The third-order valence-corrected chi connectivity index (χ3v) is 8.11. The fraction of sp³-hybridized carbons (Fsp3) is 0.367. The minimum Gasteiger partial charge on any atom is -0.493 e. The zero-order valence-electron chi connectivity index (χ0n) is 23.1. The van der Waals surface area contributed by atoms with Crippen molar-refractivity contribution in [2.45, 2.75) is 68.9 Å². The first kappa shape index (κ1) is 30.5. The molecule has 41 heavy (non-hydrogen) atoms. The van der Waals surface area contributed by atoms with Crippen LogP contribution in [0.2, 0.25) is 0 Å². The van der Waals surface area contributed by atoms with Crippen LogP contribution in [0.1, 0.15) is 68.0 Å². The molecule has 0 bridgehead atoms. The molecule has 1 heterocycles. The molecular formula is C30H34F3N3O4S. The van der Waals surface area contributed by atoms with Gasteiger partial charge in [0.2, 0.25) is 15.9 Å². The summed E-state index contributed by atoms with van der Waals surface area (Å²) in [4.78, 5) is 12.7. The molecule has 0 fully saturated rings. The molecule has 11 heteroatoms. The standard InChI is InChI=1S/C30H34F3N3O4S/c1-29(2,3)34-19-20-12-13-24-25(14-15-40-27(24)16-20)35-28(37)18-26(21-8-5-4-6-9-21)36-41(38,39)23-11-7-10-22(17-23)30(31,32)33/h4-13,16-17,25-26,34,36H,14-15,18-19H2,1-3H3,(H,35,37). The third kappa shape index (κ3) is 8.31. The van der Waals surface area contributed by atoms with Gasteiger partial charge in [-0.3, -0.25) is 4.79 Å². The van der Waals surface area contributed by atoms with Crippen molar-refractivity contribution in [1.29, 1.82) is 0 Å². The van der Waals surface area contributed by atoms with Gasteiger partial charge >= 0.3 is 6.18 Å². The van der Waals surface area contributed by atoms with Gasteiger partial charge in [0, 0.05) is 30.5 Å². The van der Waals surface area contributed by atoms with Gasteiger partial charge in [0.05, 0.1) is 29.1 Å². The maximum atomic E-state index is 13.2. The van der Waals surface area contributed by atoms with Gasteiger partial charge in [0.15, 0.2) is 0 Å². The second-order valence-electron chi connectivity index (χ2n) is 11.0. The molecule has 0 saturated heterocycles. The molecular weight excluding hydrogens is 555 g/mol. The van der Waals surface area contributed by atoms with Crippen LogP contribution in [-0.2, 0) is 27.5 Å². The summed E-state index contributed by atoms with van der Waals surface area (Å²) in [5.74, 6) is 0.265. The van der Waals surface area contributed by atoms with Crippen LogP contribution in [0.5, 0.6) is 5.75 Å². The van der Waals surface area contributed by atoms with Gasteiger partial charge in [-0.15, -0.1) is 0 Å². The number of halogens is 3. The molecule has 0 aromatic heterocycles. The minimum absolute atomic E-state index is 0.0504. The highest BCUT2D eigenvalue weighted by Crippen LogP contribution is 2.34. The van der Waals surface area contributed by atoms with Gasteiger partial charge in [-0.05, 0) is 56.2 Å². The predicted molar refractivity (Wildman–Crippen MR) is 150 cm³/mol. The number of nitrogens with one attached hydrogen (secondary N) is 3. The minimum atomic E-state index is -4.70. The quantitative estimate of drug-likeness (QED) is 0.300. The summed E-state index contributed by atoms with van der Waals surface area (Å²) in [6, 6.07) is 16.4. The molecule has 3 aromatic rings. The van der Waals surface area contributed by atoms with Crippen LogP contribution in [0.4, 0.5) is 13.2 Å². The Balaban J connectivity index is 1.51. The Bertz CT molecular complexity index is 1470. The highest BCUT2D eigenvalue weighted by Gasteiger charge is 2.33. The maximum absolute atomic E-state index is 13.2. The molecule has 1 aliphatic rings. The Hall–Kier alpha value is -3.41.